The van der Waals surface area contributed by atoms with Gasteiger partial charge < -0.3 is 20.1 Å². The lowest BCUT2D eigenvalue weighted by atomic mass is 10.0. The topological polar surface area (TPSA) is 120 Å². The maximum atomic E-state index is 12.1. The van der Waals surface area contributed by atoms with Gasteiger partial charge >= 0.3 is 5.97 Å². The van der Waals surface area contributed by atoms with Crippen molar-refractivity contribution in [3.63, 3.8) is 0 Å². The van der Waals surface area contributed by atoms with Crippen molar-refractivity contribution in [2.75, 3.05) is 11.9 Å². The van der Waals surface area contributed by atoms with Crippen LogP contribution in [0.25, 0.3) is 0 Å². The van der Waals surface area contributed by atoms with Crippen LogP contribution in [0.2, 0.25) is 0 Å². The van der Waals surface area contributed by atoms with E-state index < -0.39 is 22.7 Å². The van der Waals surface area contributed by atoms with E-state index in [0.717, 1.165) is 0 Å². The second-order valence-electron chi connectivity index (χ2n) is 6.39. The third-order valence-electron chi connectivity index (χ3n) is 3.78. The number of ether oxygens (including phenoxy) is 2. The summed E-state index contributed by atoms with van der Waals surface area (Å²) >= 11 is 5.04. The molecule has 10 heteroatoms. The third kappa shape index (κ3) is 6.57. The van der Waals surface area contributed by atoms with E-state index in [1.54, 1.807) is 6.07 Å². The summed E-state index contributed by atoms with van der Waals surface area (Å²) in [6.45, 7) is 4.07. The van der Waals surface area contributed by atoms with E-state index in [2.05, 4.69) is 10.6 Å². The second kappa shape index (κ2) is 9.38. The molecule has 1 aromatic rings. The zero-order valence-electron chi connectivity index (χ0n) is 15.0. The van der Waals surface area contributed by atoms with Crippen molar-refractivity contribution >= 4 is 40.6 Å². The Morgan fingerprint density at radius 3 is 2.89 bits per heavy atom. The molecular formula is C17H21N3O6S. The lowest BCUT2D eigenvalue weighted by molar-refractivity contribution is -0.384. The molecule has 9 nitrogen and oxygen atoms in total. The highest BCUT2D eigenvalue weighted by Crippen LogP contribution is 2.24. The Morgan fingerprint density at radius 2 is 2.22 bits per heavy atom. The van der Waals surface area contributed by atoms with Gasteiger partial charge in [-0.15, -0.1) is 0 Å². The maximum Gasteiger partial charge on any atom is 0.309 e. The fourth-order valence-electron chi connectivity index (χ4n) is 2.55. The minimum absolute atomic E-state index is 0.00782. The summed E-state index contributed by atoms with van der Waals surface area (Å²) in [6.07, 6.45) is 0.0219. The summed E-state index contributed by atoms with van der Waals surface area (Å²) in [5, 5.41) is 15.9. The first-order valence-electron chi connectivity index (χ1n) is 8.42. The van der Waals surface area contributed by atoms with Gasteiger partial charge in [0.05, 0.1) is 23.6 Å². The molecule has 0 saturated carbocycles. The first kappa shape index (κ1) is 20.7. The van der Waals surface area contributed by atoms with E-state index in [4.69, 9.17) is 21.7 Å². The fourth-order valence-corrected chi connectivity index (χ4v) is 2.78. The molecule has 0 unspecified atom stereocenters. The predicted octanol–water partition coefficient (Wildman–Crippen LogP) is 2.15. The Balaban J connectivity index is 1.81. The summed E-state index contributed by atoms with van der Waals surface area (Å²) in [5.41, 5.74) is 0.276. The van der Waals surface area contributed by atoms with Crippen molar-refractivity contribution in [2.45, 2.75) is 38.9 Å². The van der Waals surface area contributed by atoms with Crippen molar-refractivity contribution in [3.05, 3.63) is 34.4 Å². The summed E-state index contributed by atoms with van der Waals surface area (Å²) in [7, 11) is 0. The number of hydrogen-bond acceptors (Lipinski definition) is 7. The van der Waals surface area contributed by atoms with Crippen LogP contribution in [0.1, 0.15) is 26.7 Å². The van der Waals surface area contributed by atoms with Gasteiger partial charge in [0, 0.05) is 30.7 Å². The van der Waals surface area contributed by atoms with Gasteiger partial charge in [0.15, 0.2) is 5.11 Å². The molecule has 2 N–H and O–H groups in total. The highest BCUT2D eigenvalue weighted by atomic mass is 32.1. The predicted molar refractivity (Wildman–Crippen MR) is 101 cm³/mol. The zero-order valence-corrected chi connectivity index (χ0v) is 15.8. The third-order valence-corrected chi connectivity index (χ3v) is 3.98. The molecule has 1 aliphatic heterocycles. The number of nitrogens with zero attached hydrogens (tertiary/aromatic N) is 1. The van der Waals surface area contributed by atoms with Crippen LogP contribution in [0.5, 0.6) is 0 Å². The Kier molecular flexibility index (Phi) is 7.19. The van der Waals surface area contributed by atoms with Crippen molar-refractivity contribution in [1.82, 2.24) is 5.32 Å². The normalized spacial score (nSPS) is 18.9. The number of carbonyl (C=O) groups excluding carboxylic acids is 2. The van der Waals surface area contributed by atoms with Crippen molar-refractivity contribution in [2.24, 2.45) is 5.92 Å². The smallest absolute Gasteiger partial charge is 0.309 e. The standard InChI is InChI=1S/C17H21N3O6S/c1-10(2)25-9-14-6-11(16(22)26-14)7-15(21)19-17(27)18-12-4-3-5-13(8-12)20(23)24/h3-5,8,10-11,14H,6-7,9H2,1-2H3,(H2,18,19,21,27)/t11-,14+/m0/s1. The number of nitrogens with one attached hydrogen (secondary N) is 2. The fraction of sp³-hybridized carbons (Fsp3) is 0.471. The number of amides is 1. The molecule has 0 spiro atoms. The average molecular weight is 395 g/mol. The number of anilines is 1. The van der Waals surface area contributed by atoms with E-state index >= 15 is 0 Å². The average Bonchev–Trinajstić information content (AvgIpc) is 2.92. The molecule has 27 heavy (non-hydrogen) atoms. The molecule has 1 fully saturated rings. The van der Waals surface area contributed by atoms with E-state index in [-0.39, 0.29) is 29.4 Å². The molecule has 2 atom stereocenters. The Hall–Kier alpha value is -2.59. The number of benzene rings is 1. The number of thiocarbonyl (C=S) groups is 1. The Bertz CT molecular complexity index is 739. The quantitative estimate of drug-likeness (QED) is 0.312. The van der Waals surface area contributed by atoms with E-state index in [1.165, 1.54) is 18.2 Å². The second-order valence-corrected chi connectivity index (χ2v) is 6.80. The van der Waals surface area contributed by atoms with Gasteiger partial charge in [0.1, 0.15) is 6.10 Å². The van der Waals surface area contributed by atoms with Gasteiger partial charge in [-0.25, -0.2) is 0 Å². The van der Waals surface area contributed by atoms with Crippen LogP contribution < -0.4 is 10.6 Å². The molecular weight excluding hydrogens is 374 g/mol. The van der Waals surface area contributed by atoms with Gasteiger partial charge in [0.25, 0.3) is 5.69 Å². The molecule has 0 bridgehead atoms. The molecule has 1 aromatic carbocycles. The number of esters is 1. The first-order valence-corrected chi connectivity index (χ1v) is 8.82. The number of nitro groups is 1. The van der Waals surface area contributed by atoms with Gasteiger partial charge in [-0.2, -0.15) is 0 Å². The minimum Gasteiger partial charge on any atom is -0.460 e. The first-order chi connectivity index (χ1) is 12.7. The minimum atomic E-state index is -0.550. The Morgan fingerprint density at radius 1 is 1.48 bits per heavy atom. The van der Waals surface area contributed by atoms with Crippen LogP contribution >= 0.6 is 12.2 Å². The van der Waals surface area contributed by atoms with Crippen molar-refractivity contribution in [1.29, 1.82) is 0 Å². The summed E-state index contributed by atoms with van der Waals surface area (Å²) in [6, 6.07) is 5.72. The maximum absolute atomic E-state index is 12.1. The SMILES string of the molecule is CC(C)OC[C@H]1C[C@@H](CC(=O)NC(=S)Nc2cccc([N+](=O)[O-])c2)C(=O)O1. The molecule has 0 radical (unpaired) electrons. The summed E-state index contributed by atoms with van der Waals surface area (Å²) < 4.78 is 10.6. The van der Waals surface area contributed by atoms with Gasteiger partial charge in [-0.05, 0) is 32.1 Å². The van der Waals surface area contributed by atoms with Crippen LogP contribution in [0.15, 0.2) is 24.3 Å². The van der Waals surface area contributed by atoms with Crippen molar-refractivity contribution in [3.8, 4) is 0 Å². The van der Waals surface area contributed by atoms with Gasteiger partial charge in [-0.3, -0.25) is 19.7 Å². The van der Waals surface area contributed by atoms with E-state index in [0.29, 0.717) is 18.7 Å². The Labute approximate surface area is 161 Å². The van der Waals surface area contributed by atoms with Crippen LogP contribution in [0.4, 0.5) is 11.4 Å². The van der Waals surface area contributed by atoms with Crippen LogP contribution in [0, 0.1) is 16.0 Å². The van der Waals surface area contributed by atoms with E-state index in [1.807, 2.05) is 13.8 Å². The van der Waals surface area contributed by atoms with E-state index in [9.17, 15) is 19.7 Å². The number of hydrogen-bond donors (Lipinski definition) is 2. The lowest BCUT2D eigenvalue weighted by Crippen LogP contribution is -2.35. The number of rotatable bonds is 7. The molecule has 146 valence electrons. The van der Waals surface area contributed by atoms with Crippen LogP contribution in [0.3, 0.4) is 0 Å². The molecule has 1 amide bonds. The number of cyclic esters (lactones) is 1. The van der Waals surface area contributed by atoms with Gasteiger partial charge in [0.2, 0.25) is 5.91 Å². The lowest BCUT2D eigenvalue weighted by Gasteiger charge is -2.12. The molecule has 1 aliphatic rings. The summed E-state index contributed by atoms with van der Waals surface area (Å²) in [5.74, 6) is -1.42. The molecule has 2 rings (SSSR count). The molecule has 0 aromatic heterocycles. The largest absolute Gasteiger partial charge is 0.460 e. The molecule has 0 aliphatic carbocycles. The van der Waals surface area contributed by atoms with Gasteiger partial charge in [-0.1, -0.05) is 6.07 Å². The van der Waals surface area contributed by atoms with Crippen LogP contribution in [-0.2, 0) is 19.1 Å². The molecule has 1 saturated heterocycles. The monoisotopic (exact) mass is 395 g/mol. The number of nitro benzene ring substituents is 1. The van der Waals surface area contributed by atoms with Crippen LogP contribution in [-0.4, -0.2) is 40.7 Å². The number of non-ortho nitro benzene ring substituents is 1. The molecule has 1 heterocycles. The zero-order chi connectivity index (χ0) is 20.0. The highest BCUT2D eigenvalue weighted by molar-refractivity contribution is 7.80. The summed E-state index contributed by atoms with van der Waals surface area (Å²) in [4.78, 5) is 34.2. The van der Waals surface area contributed by atoms with Crippen molar-refractivity contribution < 1.29 is 24.0 Å². The number of carbonyl (C=O) groups is 2. The highest BCUT2D eigenvalue weighted by Gasteiger charge is 2.36.